The van der Waals surface area contributed by atoms with Gasteiger partial charge in [0.2, 0.25) is 0 Å². The Kier molecular flexibility index (Phi) is 3.84. The summed E-state index contributed by atoms with van der Waals surface area (Å²) < 4.78 is 13.8. The van der Waals surface area contributed by atoms with E-state index in [9.17, 15) is 4.39 Å². The first-order chi connectivity index (χ1) is 10.0. The predicted octanol–water partition coefficient (Wildman–Crippen LogP) is 5.39. The van der Waals surface area contributed by atoms with Gasteiger partial charge in [-0.1, -0.05) is 40.9 Å². The number of aromatic amines is 1. The number of benzene rings is 2. The topological polar surface area (TPSA) is 41.8 Å². The third kappa shape index (κ3) is 2.51. The third-order valence-corrected chi connectivity index (χ3v) is 4.16. The number of hydrogen-bond acceptors (Lipinski definition) is 1. The van der Waals surface area contributed by atoms with Gasteiger partial charge in [0.05, 0.1) is 5.02 Å². The highest BCUT2D eigenvalue weighted by Crippen LogP contribution is 2.38. The van der Waals surface area contributed by atoms with Crippen molar-refractivity contribution in [2.45, 2.75) is 6.54 Å². The molecule has 21 heavy (non-hydrogen) atoms. The largest absolute Gasteiger partial charge is 0.357 e. The van der Waals surface area contributed by atoms with E-state index in [1.807, 2.05) is 0 Å². The van der Waals surface area contributed by atoms with Crippen LogP contribution in [-0.2, 0) is 6.54 Å². The number of H-pyrrole nitrogens is 1. The number of fused-ring (bicyclic) bond motifs is 1. The summed E-state index contributed by atoms with van der Waals surface area (Å²) in [6, 6.07) is 8.09. The Morgan fingerprint density at radius 1 is 1.05 bits per heavy atom. The zero-order chi connectivity index (χ0) is 15.1. The van der Waals surface area contributed by atoms with Crippen molar-refractivity contribution in [3.05, 3.63) is 56.9 Å². The second-order valence-electron chi connectivity index (χ2n) is 4.62. The average Bonchev–Trinajstić information content (AvgIpc) is 2.77. The average molecular weight is 344 g/mol. The molecule has 0 unspecified atom stereocenters. The number of rotatable bonds is 2. The second-order valence-corrected chi connectivity index (χ2v) is 5.87. The molecule has 6 heteroatoms. The molecule has 0 amide bonds. The molecule has 0 fully saturated rings. The van der Waals surface area contributed by atoms with Crippen LogP contribution in [0.4, 0.5) is 4.39 Å². The monoisotopic (exact) mass is 342 g/mol. The molecule has 2 nitrogen and oxygen atoms in total. The molecule has 2 aromatic carbocycles. The van der Waals surface area contributed by atoms with Crippen molar-refractivity contribution >= 4 is 45.7 Å². The Morgan fingerprint density at radius 2 is 1.81 bits per heavy atom. The summed E-state index contributed by atoms with van der Waals surface area (Å²) in [6.07, 6.45) is 0. The molecule has 0 spiro atoms. The molecule has 0 aliphatic heterocycles. The van der Waals surface area contributed by atoms with E-state index in [-0.39, 0.29) is 11.6 Å². The molecule has 108 valence electrons. The number of hydrogen-bond donors (Lipinski definition) is 2. The summed E-state index contributed by atoms with van der Waals surface area (Å²) in [7, 11) is 0. The lowest BCUT2D eigenvalue weighted by Gasteiger charge is -2.07. The second kappa shape index (κ2) is 5.50. The highest BCUT2D eigenvalue weighted by molar-refractivity contribution is 6.37. The van der Waals surface area contributed by atoms with Crippen LogP contribution >= 0.6 is 34.8 Å². The Hall–Kier alpha value is -1.26. The first-order valence-corrected chi connectivity index (χ1v) is 7.29. The molecule has 0 aliphatic rings. The van der Waals surface area contributed by atoms with Crippen LogP contribution in [0.5, 0.6) is 0 Å². The SMILES string of the molecule is NCc1[nH]c2cc(Cl)c(F)cc2c1-c1ccc(Cl)cc1Cl. The molecule has 0 saturated heterocycles. The van der Waals surface area contributed by atoms with Crippen molar-refractivity contribution < 1.29 is 4.39 Å². The quantitative estimate of drug-likeness (QED) is 0.643. The highest BCUT2D eigenvalue weighted by Gasteiger charge is 2.17. The molecule has 3 rings (SSSR count). The lowest BCUT2D eigenvalue weighted by Crippen LogP contribution is -1.98. The first-order valence-electron chi connectivity index (χ1n) is 6.16. The summed E-state index contributed by atoms with van der Waals surface area (Å²) in [6.45, 7) is 0.266. The van der Waals surface area contributed by atoms with Gasteiger partial charge in [0.25, 0.3) is 0 Å². The Morgan fingerprint density at radius 3 is 2.48 bits per heavy atom. The summed E-state index contributed by atoms with van der Waals surface area (Å²) in [5.41, 5.74) is 8.77. The van der Waals surface area contributed by atoms with E-state index in [0.717, 1.165) is 16.8 Å². The van der Waals surface area contributed by atoms with Crippen molar-refractivity contribution in [2.75, 3.05) is 0 Å². The molecule has 0 atom stereocenters. The van der Waals surface area contributed by atoms with Gasteiger partial charge in [0.15, 0.2) is 0 Å². The van der Waals surface area contributed by atoms with Gasteiger partial charge in [-0.2, -0.15) is 0 Å². The maximum atomic E-state index is 13.8. The zero-order valence-corrected chi connectivity index (χ0v) is 13.0. The molecule has 1 aromatic heterocycles. The fraction of sp³-hybridized carbons (Fsp3) is 0.0667. The number of nitrogens with one attached hydrogen (secondary N) is 1. The van der Waals surface area contributed by atoms with E-state index in [1.165, 1.54) is 6.07 Å². The Bertz CT molecular complexity index is 843. The molecule has 3 N–H and O–H groups in total. The van der Waals surface area contributed by atoms with E-state index in [1.54, 1.807) is 24.3 Å². The van der Waals surface area contributed by atoms with E-state index in [0.29, 0.717) is 20.9 Å². The van der Waals surface area contributed by atoms with E-state index in [2.05, 4.69) is 4.98 Å². The van der Waals surface area contributed by atoms with Crippen LogP contribution in [0.3, 0.4) is 0 Å². The van der Waals surface area contributed by atoms with Crippen molar-refractivity contribution in [3.63, 3.8) is 0 Å². The lowest BCUT2D eigenvalue weighted by atomic mass is 10.0. The first kappa shape index (κ1) is 14.7. The fourth-order valence-corrected chi connectivity index (χ4v) is 3.06. The van der Waals surface area contributed by atoms with Crippen LogP contribution < -0.4 is 5.73 Å². The molecule has 0 aliphatic carbocycles. The van der Waals surface area contributed by atoms with Gasteiger partial charge in [0, 0.05) is 44.3 Å². The van der Waals surface area contributed by atoms with Crippen LogP contribution in [-0.4, -0.2) is 4.98 Å². The van der Waals surface area contributed by atoms with Crippen molar-refractivity contribution in [1.29, 1.82) is 0 Å². The van der Waals surface area contributed by atoms with Crippen LogP contribution in [0.15, 0.2) is 30.3 Å². The van der Waals surface area contributed by atoms with Crippen LogP contribution in [0.2, 0.25) is 15.1 Å². The maximum Gasteiger partial charge on any atom is 0.142 e. The van der Waals surface area contributed by atoms with Gasteiger partial charge >= 0.3 is 0 Å². The van der Waals surface area contributed by atoms with Gasteiger partial charge in [0.1, 0.15) is 5.82 Å². The molecule has 1 heterocycles. The molecule has 3 aromatic rings. The number of aromatic nitrogens is 1. The van der Waals surface area contributed by atoms with Crippen molar-refractivity contribution in [3.8, 4) is 11.1 Å². The summed E-state index contributed by atoms with van der Waals surface area (Å²) in [5.74, 6) is -0.488. The zero-order valence-electron chi connectivity index (χ0n) is 10.7. The van der Waals surface area contributed by atoms with Gasteiger partial charge in [-0.3, -0.25) is 0 Å². The normalized spacial score (nSPS) is 11.3. The van der Waals surface area contributed by atoms with Gasteiger partial charge in [-0.15, -0.1) is 0 Å². The van der Waals surface area contributed by atoms with Crippen LogP contribution in [0, 0.1) is 5.82 Å². The van der Waals surface area contributed by atoms with Crippen LogP contribution in [0.25, 0.3) is 22.0 Å². The molecule has 0 saturated carbocycles. The minimum Gasteiger partial charge on any atom is -0.357 e. The highest BCUT2D eigenvalue weighted by atomic mass is 35.5. The number of nitrogens with two attached hydrogens (primary N) is 1. The standard InChI is InChI=1S/C15H10Cl3FN2/c16-7-1-2-8(10(17)3-7)15-9-4-12(19)11(18)5-13(9)21-14(15)6-20/h1-5,21H,6,20H2. The minimum absolute atomic E-state index is 0.0566. The maximum absolute atomic E-state index is 13.8. The fourth-order valence-electron chi connectivity index (χ4n) is 2.40. The van der Waals surface area contributed by atoms with Gasteiger partial charge < -0.3 is 10.7 Å². The van der Waals surface area contributed by atoms with Gasteiger partial charge in [-0.05, 0) is 24.3 Å². The smallest absolute Gasteiger partial charge is 0.142 e. The lowest BCUT2D eigenvalue weighted by molar-refractivity contribution is 0.630. The van der Waals surface area contributed by atoms with E-state index >= 15 is 0 Å². The van der Waals surface area contributed by atoms with E-state index < -0.39 is 5.82 Å². The third-order valence-electron chi connectivity index (χ3n) is 3.32. The van der Waals surface area contributed by atoms with E-state index in [4.69, 9.17) is 40.5 Å². The Balaban J connectivity index is 2.37. The van der Waals surface area contributed by atoms with Gasteiger partial charge in [-0.25, -0.2) is 4.39 Å². The summed E-state index contributed by atoms with van der Waals surface area (Å²) in [4.78, 5) is 3.15. The summed E-state index contributed by atoms with van der Waals surface area (Å²) >= 11 is 18.0. The van der Waals surface area contributed by atoms with Crippen LogP contribution in [0.1, 0.15) is 5.69 Å². The molecular formula is C15H10Cl3FN2. The van der Waals surface area contributed by atoms with Crippen molar-refractivity contribution in [2.24, 2.45) is 5.73 Å². The molecule has 0 radical (unpaired) electrons. The molecular weight excluding hydrogens is 334 g/mol. The summed E-state index contributed by atoms with van der Waals surface area (Å²) in [5, 5.41) is 1.75. The minimum atomic E-state index is -0.488. The number of halogens is 4. The van der Waals surface area contributed by atoms with Crippen molar-refractivity contribution in [1.82, 2.24) is 4.98 Å². The predicted molar refractivity (Wildman–Crippen MR) is 86.6 cm³/mol. The Labute approximate surface area is 135 Å². The molecule has 0 bridgehead atoms.